The molecular formula is C24H21ClN2O2S. The average Bonchev–Trinajstić information content (AvgIpc) is 3.40. The van der Waals surface area contributed by atoms with Crippen LogP contribution in [0.5, 0.6) is 5.75 Å². The van der Waals surface area contributed by atoms with E-state index < -0.39 is 0 Å². The summed E-state index contributed by atoms with van der Waals surface area (Å²) in [5.74, 6) is 0.940. The maximum Gasteiger partial charge on any atom is 0.228 e. The van der Waals surface area contributed by atoms with E-state index in [0.29, 0.717) is 13.0 Å². The van der Waals surface area contributed by atoms with Gasteiger partial charge in [-0.15, -0.1) is 11.3 Å². The summed E-state index contributed by atoms with van der Waals surface area (Å²) in [4.78, 5) is 20.0. The molecule has 0 saturated heterocycles. The molecule has 4 aromatic rings. The lowest BCUT2D eigenvalue weighted by Crippen LogP contribution is -2.41. The average molecular weight is 437 g/mol. The zero-order chi connectivity index (χ0) is 20.7. The topological polar surface area (TPSA) is 45.3 Å². The fourth-order valence-corrected chi connectivity index (χ4v) is 5.19. The Balaban J connectivity index is 1.60. The molecule has 1 amide bonds. The van der Waals surface area contributed by atoms with Crippen molar-refractivity contribution in [1.82, 2.24) is 9.88 Å². The summed E-state index contributed by atoms with van der Waals surface area (Å²) in [6.45, 7) is 0.674. The molecule has 0 fully saturated rings. The van der Waals surface area contributed by atoms with Gasteiger partial charge in [-0.05, 0) is 59.3 Å². The number of methoxy groups -OCH3 is 1. The van der Waals surface area contributed by atoms with Crippen molar-refractivity contribution in [3.05, 3.63) is 86.7 Å². The van der Waals surface area contributed by atoms with Crippen molar-refractivity contribution >= 4 is 39.7 Å². The van der Waals surface area contributed by atoms with Gasteiger partial charge in [0.2, 0.25) is 5.91 Å². The van der Waals surface area contributed by atoms with Crippen molar-refractivity contribution in [2.75, 3.05) is 13.7 Å². The molecule has 1 aliphatic heterocycles. The van der Waals surface area contributed by atoms with Gasteiger partial charge in [-0.1, -0.05) is 29.8 Å². The molecular weight excluding hydrogens is 416 g/mol. The minimum absolute atomic E-state index is 0.139. The number of fused-ring (bicyclic) bond motifs is 3. The maximum absolute atomic E-state index is 13.3. The molecule has 6 heteroatoms. The summed E-state index contributed by atoms with van der Waals surface area (Å²) >= 11 is 7.89. The summed E-state index contributed by atoms with van der Waals surface area (Å²) in [5, 5.41) is 3.88. The van der Waals surface area contributed by atoms with Gasteiger partial charge in [0.1, 0.15) is 5.75 Å². The lowest BCUT2D eigenvalue weighted by molar-refractivity contribution is -0.132. The van der Waals surface area contributed by atoms with Crippen LogP contribution in [0.15, 0.2) is 60.0 Å². The first-order chi connectivity index (χ1) is 14.6. The highest BCUT2D eigenvalue weighted by molar-refractivity contribution is 7.10. The number of H-pyrrole nitrogens is 1. The van der Waals surface area contributed by atoms with Gasteiger partial charge >= 0.3 is 0 Å². The Hall–Kier alpha value is -2.76. The van der Waals surface area contributed by atoms with Crippen LogP contribution in [-0.4, -0.2) is 29.4 Å². The van der Waals surface area contributed by atoms with Crippen LogP contribution in [0.25, 0.3) is 10.9 Å². The first-order valence-corrected chi connectivity index (χ1v) is 11.2. The minimum Gasteiger partial charge on any atom is -0.497 e. The van der Waals surface area contributed by atoms with Gasteiger partial charge < -0.3 is 14.6 Å². The number of hydrogen-bond donors (Lipinski definition) is 1. The largest absolute Gasteiger partial charge is 0.497 e. The molecule has 2 aromatic carbocycles. The maximum atomic E-state index is 13.3. The van der Waals surface area contributed by atoms with Crippen molar-refractivity contribution in [2.24, 2.45) is 0 Å². The first-order valence-electron chi connectivity index (χ1n) is 9.90. The molecule has 0 spiro atoms. The molecule has 0 bridgehead atoms. The second-order valence-corrected chi connectivity index (χ2v) is 8.94. The fourth-order valence-electron chi connectivity index (χ4n) is 4.33. The Labute approximate surface area is 184 Å². The molecule has 1 unspecified atom stereocenters. The van der Waals surface area contributed by atoms with Gasteiger partial charge in [0, 0.05) is 33.0 Å². The molecule has 152 valence electrons. The fraction of sp³-hybridized carbons (Fsp3) is 0.208. The van der Waals surface area contributed by atoms with Gasteiger partial charge in [-0.25, -0.2) is 0 Å². The van der Waals surface area contributed by atoms with Crippen LogP contribution < -0.4 is 4.74 Å². The Kier molecular flexibility index (Phi) is 5.01. The normalized spacial score (nSPS) is 15.9. The van der Waals surface area contributed by atoms with E-state index in [0.717, 1.165) is 44.2 Å². The van der Waals surface area contributed by atoms with Gasteiger partial charge in [0.25, 0.3) is 0 Å². The van der Waals surface area contributed by atoms with Gasteiger partial charge in [-0.2, -0.15) is 0 Å². The molecule has 0 aliphatic carbocycles. The Morgan fingerprint density at radius 3 is 2.80 bits per heavy atom. The van der Waals surface area contributed by atoms with E-state index in [9.17, 15) is 4.79 Å². The molecule has 5 rings (SSSR count). The lowest BCUT2D eigenvalue weighted by atomic mass is 9.92. The lowest BCUT2D eigenvalue weighted by Gasteiger charge is -2.36. The van der Waals surface area contributed by atoms with Crippen LogP contribution in [0.1, 0.15) is 27.7 Å². The number of ether oxygens (including phenoxy) is 1. The highest BCUT2D eigenvalue weighted by Gasteiger charge is 2.34. The number of carbonyl (C=O) groups is 1. The number of nitrogens with one attached hydrogen (secondary N) is 1. The predicted molar refractivity (Wildman–Crippen MR) is 122 cm³/mol. The zero-order valence-corrected chi connectivity index (χ0v) is 18.1. The first kappa shape index (κ1) is 19.2. The van der Waals surface area contributed by atoms with Gasteiger partial charge in [-0.3, -0.25) is 4.79 Å². The third kappa shape index (κ3) is 3.38. The minimum atomic E-state index is -0.168. The molecule has 1 aliphatic rings. The Bertz CT molecular complexity index is 1200. The van der Waals surface area contributed by atoms with E-state index in [4.69, 9.17) is 16.3 Å². The summed E-state index contributed by atoms with van der Waals surface area (Å²) in [5.41, 5.74) is 4.43. The van der Waals surface area contributed by atoms with Crippen molar-refractivity contribution in [3.8, 4) is 5.75 Å². The highest BCUT2D eigenvalue weighted by atomic mass is 35.5. The van der Waals surface area contributed by atoms with E-state index in [-0.39, 0.29) is 11.9 Å². The quantitative estimate of drug-likeness (QED) is 0.452. The second kappa shape index (κ2) is 7.82. The molecule has 1 atom stereocenters. The number of aromatic amines is 1. The van der Waals surface area contributed by atoms with Crippen molar-refractivity contribution in [3.63, 3.8) is 0 Å². The second-order valence-electron chi connectivity index (χ2n) is 7.48. The van der Waals surface area contributed by atoms with Gasteiger partial charge in [0.15, 0.2) is 0 Å². The molecule has 2 aromatic heterocycles. The number of benzene rings is 2. The van der Waals surface area contributed by atoms with Crippen molar-refractivity contribution in [2.45, 2.75) is 18.9 Å². The van der Waals surface area contributed by atoms with Crippen LogP contribution in [0.2, 0.25) is 5.02 Å². The SMILES string of the molecule is COc1ccc(C2c3[nH]c4ccc(Cl)cc4c3CCN2C(=O)Cc2cccs2)cc1. The third-order valence-electron chi connectivity index (χ3n) is 5.75. The number of hydrogen-bond acceptors (Lipinski definition) is 3. The molecule has 30 heavy (non-hydrogen) atoms. The summed E-state index contributed by atoms with van der Waals surface area (Å²) in [6, 6.07) is 17.8. The van der Waals surface area contributed by atoms with Crippen LogP contribution >= 0.6 is 22.9 Å². The van der Waals surface area contributed by atoms with Crippen LogP contribution in [0, 0.1) is 0 Å². The number of amides is 1. The number of thiophene rings is 1. The van der Waals surface area contributed by atoms with Crippen molar-refractivity contribution < 1.29 is 9.53 Å². The highest BCUT2D eigenvalue weighted by Crippen LogP contribution is 2.39. The number of carbonyl (C=O) groups excluding carboxylic acids is 1. The van der Waals surface area contributed by atoms with Crippen LogP contribution in [0.3, 0.4) is 0 Å². The Morgan fingerprint density at radius 2 is 2.07 bits per heavy atom. The third-order valence-corrected chi connectivity index (χ3v) is 6.86. The monoisotopic (exact) mass is 436 g/mol. The van der Waals surface area contributed by atoms with E-state index in [2.05, 4.69) is 4.98 Å². The number of rotatable bonds is 4. The standard InChI is InChI=1S/C24H21ClN2O2S/c1-29-17-7-4-15(5-8-17)24-23-19(20-13-16(25)6-9-21(20)26-23)10-11-27(24)22(28)14-18-3-2-12-30-18/h2-9,12-13,24,26H,10-11,14H2,1H3. The van der Waals surface area contributed by atoms with Crippen molar-refractivity contribution in [1.29, 1.82) is 0 Å². The predicted octanol–water partition coefficient (Wildman–Crippen LogP) is 5.61. The smallest absolute Gasteiger partial charge is 0.228 e. The molecule has 4 nitrogen and oxygen atoms in total. The molecule has 0 saturated carbocycles. The summed E-state index contributed by atoms with van der Waals surface area (Å²) < 4.78 is 5.33. The number of aromatic nitrogens is 1. The van der Waals surface area contributed by atoms with Crippen LogP contribution in [-0.2, 0) is 17.6 Å². The van der Waals surface area contributed by atoms with E-state index in [1.54, 1.807) is 18.4 Å². The summed E-state index contributed by atoms with van der Waals surface area (Å²) in [7, 11) is 1.66. The van der Waals surface area contributed by atoms with E-state index in [1.165, 1.54) is 5.56 Å². The molecule has 3 heterocycles. The van der Waals surface area contributed by atoms with Crippen LogP contribution in [0.4, 0.5) is 0 Å². The van der Waals surface area contributed by atoms with E-state index >= 15 is 0 Å². The summed E-state index contributed by atoms with van der Waals surface area (Å²) in [6.07, 6.45) is 1.23. The van der Waals surface area contributed by atoms with Gasteiger partial charge in [0.05, 0.1) is 19.6 Å². The Morgan fingerprint density at radius 1 is 1.23 bits per heavy atom. The number of halogens is 1. The molecule has 0 radical (unpaired) electrons. The number of nitrogens with zero attached hydrogens (tertiary/aromatic N) is 1. The van der Waals surface area contributed by atoms with E-state index in [1.807, 2.05) is 64.9 Å². The molecule has 1 N–H and O–H groups in total. The zero-order valence-electron chi connectivity index (χ0n) is 16.5.